The van der Waals surface area contributed by atoms with Gasteiger partial charge in [0, 0.05) is 6.08 Å². The van der Waals surface area contributed by atoms with Gasteiger partial charge in [0.2, 0.25) is 5.60 Å². The second-order valence-electron chi connectivity index (χ2n) is 7.53. The van der Waals surface area contributed by atoms with Crippen LogP contribution in [0.15, 0.2) is 48.6 Å². The third-order valence-corrected chi connectivity index (χ3v) is 6.35. The molecular weight excluding hydrogens is 336 g/mol. The molecule has 2 fully saturated rings. The predicted molar refractivity (Wildman–Crippen MR) is 90.9 cm³/mol. The molecule has 4 aliphatic rings. The van der Waals surface area contributed by atoms with E-state index >= 15 is 0 Å². The highest BCUT2D eigenvalue weighted by Crippen LogP contribution is 2.68. The Morgan fingerprint density at radius 3 is 2.23 bits per heavy atom. The molecule has 6 heteroatoms. The maximum Gasteiger partial charge on any atom is 0.306 e. The van der Waals surface area contributed by atoms with Gasteiger partial charge < -0.3 is 29.5 Å². The van der Waals surface area contributed by atoms with Gasteiger partial charge in [0.1, 0.15) is 17.6 Å². The molecule has 26 heavy (non-hydrogen) atoms. The second kappa shape index (κ2) is 4.40. The lowest BCUT2D eigenvalue weighted by Crippen LogP contribution is -2.70. The number of ether oxygens (including phenoxy) is 3. The van der Waals surface area contributed by atoms with Crippen LogP contribution in [0.25, 0.3) is 10.8 Å². The first kappa shape index (κ1) is 15.0. The maximum atomic E-state index is 10.9. The monoisotopic (exact) mass is 354 g/mol. The van der Waals surface area contributed by atoms with Gasteiger partial charge in [-0.25, -0.2) is 0 Å². The fourth-order valence-corrected chi connectivity index (χ4v) is 5.17. The van der Waals surface area contributed by atoms with E-state index in [-0.39, 0.29) is 0 Å². The summed E-state index contributed by atoms with van der Waals surface area (Å²) in [5.74, 6) is -0.205. The molecule has 1 spiro atoms. The third-order valence-electron chi connectivity index (χ3n) is 6.35. The lowest BCUT2D eigenvalue weighted by atomic mass is 9.66. The normalized spacial score (nSPS) is 41.1. The van der Waals surface area contributed by atoms with Gasteiger partial charge in [-0.15, -0.1) is 0 Å². The number of hydrogen-bond donors (Lipinski definition) is 3. The van der Waals surface area contributed by atoms with Gasteiger partial charge in [-0.3, -0.25) is 0 Å². The molecule has 0 radical (unpaired) electrons. The largest absolute Gasteiger partial charge is 0.445 e. The van der Waals surface area contributed by atoms with E-state index in [0.29, 0.717) is 24.3 Å². The average Bonchev–Trinajstić information content (AvgIpc) is 3.39. The van der Waals surface area contributed by atoms with E-state index in [4.69, 9.17) is 14.2 Å². The Kier molecular flexibility index (Phi) is 2.54. The number of epoxide rings is 1. The smallest absolute Gasteiger partial charge is 0.306 e. The second-order valence-corrected chi connectivity index (χ2v) is 7.53. The standard InChI is InChI=1S/C20H18O6/c21-14-7-8-16(23)20-18(10-9-15(22)19(14,20)26-20)24-12-5-1-3-11-4-2-6-13(25-18)17(11)12/h1-6,9-10,14-16,21-23H,7-8H2/t14-,15+,16+,19-,20+/m1/s1. The maximum absolute atomic E-state index is 10.9. The van der Waals surface area contributed by atoms with Gasteiger partial charge >= 0.3 is 5.79 Å². The van der Waals surface area contributed by atoms with Crippen molar-refractivity contribution in [3.05, 3.63) is 48.6 Å². The average molecular weight is 354 g/mol. The van der Waals surface area contributed by atoms with Crippen molar-refractivity contribution in [1.29, 1.82) is 0 Å². The van der Waals surface area contributed by atoms with E-state index in [1.807, 2.05) is 36.4 Å². The van der Waals surface area contributed by atoms with Gasteiger partial charge in [-0.1, -0.05) is 24.3 Å². The van der Waals surface area contributed by atoms with Crippen LogP contribution < -0.4 is 9.47 Å². The van der Waals surface area contributed by atoms with Gasteiger partial charge in [0.15, 0.2) is 5.60 Å². The Morgan fingerprint density at radius 1 is 0.885 bits per heavy atom. The van der Waals surface area contributed by atoms with E-state index in [1.54, 1.807) is 6.08 Å². The quantitative estimate of drug-likeness (QED) is 0.487. The minimum absolute atomic E-state index is 0.337. The van der Waals surface area contributed by atoms with E-state index in [2.05, 4.69) is 0 Å². The summed E-state index contributed by atoms with van der Waals surface area (Å²) in [6.45, 7) is 0. The van der Waals surface area contributed by atoms with E-state index in [9.17, 15) is 15.3 Å². The molecule has 0 unspecified atom stereocenters. The molecule has 6 nitrogen and oxygen atoms in total. The Labute approximate surface area is 149 Å². The van der Waals surface area contributed by atoms with Crippen molar-refractivity contribution in [3.8, 4) is 11.5 Å². The van der Waals surface area contributed by atoms with Crippen molar-refractivity contribution in [1.82, 2.24) is 0 Å². The van der Waals surface area contributed by atoms with E-state index in [0.717, 1.165) is 10.8 Å². The molecule has 134 valence electrons. The zero-order valence-electron chi connectivity index (χ0n) is 13.8. The summed E-state index contributed by atoms with van der Waals surface area (Å²) < 4.78 is 18.6. The summed E-state index contributed by atoms with van der Waals surface area (Å²) >= 11 is 0. The SMILES string of the molecule is O[C@@H]1CC[C@H](O)[C@@]23O[C@@]12[C@@H](O)C=CC31Oc2cccc3cccc(c23)O1. The molecule has 5 atom stereocenters. The molecule has 0 amide bonds. The summed E-state index contributed by atoms with van der Waals surface area (Å²) in [6.07, 6.45) is 0.926. The molecule has 2 aromatic carbocycles. The Balaban J connectivity index is 1.59. The first-order chi connectivity index (χ1) is 12.5. The van der Waals surface area contributed by atoms with Crippen LogP contribution in [0.5, 0.6) is 11.5 Å². The van der Waals surface area contributed by atoms with Crippen molar-refractivity contribution in [2.75, 3.05) is 0 Å². The molecule has 1 saturated carbocycles. The van der Waals surface area contributed by atoms with Crippen LogP contribution in [0.3, 0.4) is 0 Å². The number of hydrogen-bond acceptors (Lipinski definition) is 6. The summed E-state index contributed by atoms with van der Waals surface area (Å²) in [4.78, 5) is 0. The minimum atomic E-state index is -1.45. The number of aliphatic hydroxyl groups is 3. The summed E-state index contributed by atoms with van der Waals surface area (Å²) in [5, 5.41) is 33.9. The molecule has 3 N–H and O–H groups in total. The number of aliphatic hydroxyl groups excluding tert-OH is 3. The van der Waals surface area contributed by atoms with Crippen LogP contribution in [-0.4, -0.2) is 50.6 Å². The number of benzene rings is 2. The van der Waals surface area contributed by atoms with Gasteiger partial charge in [0.25, 0.3) is 0 Å². The zero-order chi connectivity index (χ0) is 17.7. The summed E-state index contributed by atoms with van der Waals surface area (Å²) in [5.41, 5.74) is -2.68. The molecule has 6 rings (SSSR count). The van der Waals surface area contributed by atoms with Crippen molar-refractivity contribution >= 4 is 10.8 Å². The highest BCUT2D eigenvalue weighted by atomic mass is 16.8. The fourth-order valence-electron chi connectivity index (χ4n) is 5.17. The van der Waals surface area contributed by atoms with Crippen LogP contribution in [0, 0.1) is 0 Å². The van der Waals surface area contributed by atoms with Crippen LogP contribution in [0.2, 0.25) is 0 Å². The highest BCUT2D eigenvalue weighted by Gasteiger charge is 2.91. The molecule has 2 aliphatic heterocycles. The van der Waals surface area contributed by atoms with Crippen molar-refractivity contribution in [3.63, 3.8) is 0 Å². The first-order valence-corrected chi connectivity index (χ1v) is 8.88. The fraction of sp³-hybridized carbons (Fsp3) is 0.400. The van der Waals surface area contributed by atoms with Gasteiger partial charge in [0.05, 0.1) is 17.6 Å². The molecule has 0 bridgehead atoms. The lowest BCUT2D eigenvalue weighted by Gasteiger charge is -2.48. The minimum Gasteiger partial charge on any atom is -0.445 e. The summed E-state index contributed by atoms with van der Waals surface area (Å²) in [6, 6.07) is 11.4. The lowest BCUT2D eigenvalue weighted by molar-refractivity contribution is -0.177. The van der Waals surface area contributed by atoms with Crippen molar-refractivity contribution < 1.29 is 29.5 Å². The van der Waals surface area contributed by atoms with Crippen LogP contribution in [0.1, 0.15) is 12.8 Å². The molecular formula is C20H18O6. The number of rotatable bonds is 0. The van der Waals surface area contributed by atoms with Gasteiger partial charge in [-0.05, 0) is 36.4 Å². The van der Waals surface area contributed by atoms with Crippen molar-refractivity contribution in [2.24, 2.45) is 0 Å². The zero-order valence-corrected chi connectivity index (χ0v) is 13.8. The van der Waals surface area contributed by atoms with Crippen LogP contribution in [0.4, 0.5) is 0 Å². The predicted octanol–water partition coefficient (Wildman–Crippen LogP) is 1.26. The molecule has 1 saturated heterocycles. The van der Waals surface area contributed by atoms with Gasteiger partial charge in [-0.2, -0.15) is 0 Å². The van der Waals surface area contributed by atoms with E-state index < -0.39 is 35.3 Å². The Hall–Kier alpha value is -2.12. The molecule has 2 heterocycles. The topological polar surface area (TPSA) is 91.7 Å². The highest BCUT2D eigenvalue weighted by molar-refractivity contribution is 5.94. The third kappa shape index (κ3) is 1.39. The van der Waals surface area contributed by atoms with Crippen molar-refractivity contribution in [2.45, 2.75) is 48.1 Å². The Morgan fingerprint density at radius 2 is 1.54 bits per heavy atom. The first-order valence-electron chi connectivity index (χ1n) is 8.88. The molecule has 2 aliphatic carbocycles. The molecule has 0 aromatic heterocycles. The molecule has 2 aromatic rings. The van der Waals surface area contributed by atoms with Crippen LogP contribution >= 0.6 is 0 Å². The van der Waals surface area contributed by atoms with Crippen LogP contribution in [-0.2, 0) is 4.74 Å². The van der Waals surface area contributed by atoms with E-state index in [1.165, 1.54) is 6.08 Å². The summed E-state index contributed by atoms with van der Waals surface area (Å²) in [7, 11) is 0. The Bertz CT molecular complexity index is 929.